The number of nitrogens with zero attached hydrogens (tertiary/aromatic N) is 1. The van der Waals surface area contributed by atoms with Gasteiger partial charge in [-0.05, 0) is 0 Å². The molecule has 3 aromatic heterocycles. The summed E-state index contributed by atoms with van der Waals surface area (Å²) in [5.74, 6) is 0. The Morgan fingerprint density at radius 3 is 3.10 bits per heavy atom. The monoisotopic (exact) mass is 413 g/mol. The average molecular weight is 413 g/mol. The summed E-state index contributed by atoms with van der Waals surface area (Å²) in [6.07, 6.45) is 0. The Morgan fingerprint density at radius 1 is 1.45 bits per heavy atom. The predicted molar refractivity (Wildman–Crippen MR) is 83.6 cm³/mol. The van der Waals surface area contributed by atoms with E-state index in [-0.39, 0.29) is 0 Å². The van der Waals surface area contributed by atoms with E-state index in [9.17, 15) is 0 Å². The van der Waals surface area contributed by atoms with Crippen LogP contribution in [0.2, 0.25) is 0 Å². The van der Waals surface area contributed by atoms with Crippen molar-refractivity contribution in [3.05, 3.63) is 45.1 Å². The maximum atomic E-state index is 4.90. The number of nitrogens with one attached hydrogen (secondary N) is 1. The number of halogens is 1. The molecule has 0 bridgehead atoms. The topological polar surface area (TPSA) is 24.9 Å². The standard InChI is InChI=1S/C15H14IN2S2/c1-9-8-20-15-13(17-7-10-3-2-4-19-10)5-12(11-6-16-11)18-14(9)15/h2-5,8,11H,6-7H2,1H3,(H,17,18)/q-1. The van der Waals surface area contributed by atoms with E-state index in [0.717, 1.165) is 10.5 Å². The number of aryl methyl sites for hydroxylation is 1. The van der Waals surface area contributed by atoms with Crippen LogP contribution in [-0.4, -0.2) is 9.41 Å². The van der Waals surface area contributed by atoms with Crippen LogP contribution >= 0.6 is 22.7 Å². The Labute approximate surface area is 136 Å². The SMILES string of the molecule is Cc1csc2c(NCc3cccs3)cc(C3C[I-]3)nc12. The Bertz CT molecular complexity index is 745. The Hall–Kier alpha value is -0.660. The first-order valence-electron chi connectivity index (χ1n) is 6.54. The van der Waals surface area contributed by atoms with Crippen molar-refractivity contribution in [1.82, 2.24) is 4.98 Å². The minimum atomic E-state index is 0.399. The molecular formula is C15H14IN2S2-. The molecule has 1 atom stereocenters. The summed E-state index contributed by atoms with van der Waals surface area (Å²) in [7, 11) is 0. The molecule has 1 unspecified atom stereocenters. The van der Waals surface area contributed by atoms with Gasteiger partial charge in [0.2, 0.25) is 0 Å². The molecule has 0 saturated carbocycles. The van der Waals surface area contributed by atoms with Gasteiger partial charge < -0.3 is 0 Å². The molecule has 0 spiro atoms. The van der Waals surface area contributed by atoms with E-state index in [1.54, 1.807) is 22.7 Å². The maximum absolute atomic E-state index is 4.90. The van der Waals surface area contributed by atoms with Crippen LogP contribution in [0.3, 0.4) is 0 Å². The van der Waals surface area contributed by atoms with Crippen molar-refractivity contribution >= 4 is 38.6 Å². The van der Waals surface area contributed by atoms with Crippen molar-refractivity contribution in [2.24, 2.45) is 0 Å². The molecule has 2 nitrogen and oxygen atoms in total. The minimum absolute atomic E-state index is 0.399. The van der Waals surface area contributed by atoms with Crippen molar-refractivity contribution in [2.75, 3.05) is 9.74 Å². The van der Waals surface area contributed by atoms with Gasteiger partial charge in [-0.25, -0.2) is 0 Å². The van der Waals surface area contributed by atoms with Crippen molar-refractivity contribution in [1.29, 1.82) is 0 Å². The fourth-order valence-corrected chi connectivity index (χ4v) is 5.34. The third-order valence-corrected chi connectivity index (χ3v) is 7.78. The van der Waals surface area contributed by atoms with Gasteiger partial charge in [-0.1, -0.05) is 0 Å². The zero-order valence-electron chi connectivity index (χ0n) is 11.0. The summed E-state index contributed by atoms with van der Waals surface area (Å²) in [5.41, 5.74) is 5.11. The number of aromatic nitrogens is 1. The number of rotatable bonds is 4. The molecule has 1 fully saturated rings. The average Bonchev–Trinajstić information content (AvgIpc) is 3.06. The summed E-state index contributed by atoms with van der Waals surface area (Å²) in [5, 5.41) is 7.97. The molecule has 0 radical (unpaired) electrons. The van der Waals surface area contributed by atoms with Crippen LogP contribution in [-0.2, 0) is 6.54 Å². The third-order valence-electron chi connectivity index (χ3n) is 3.38. The Balaban J connectivity index is 1.72. The number of alkyl halides is 2. The zero-order valence-corrected chi connectivity index (χ0v) is 14.8. The Morgan fingerprint density at radius 2 is 2.35 bits per heavy atom. The predicted octanol–water partition coefficient (Wildman–Crippen LogP) is 1.42. The van der Waals surface area contributed by atoms with E-state index in [0.29, 0.717) is 21.2 Å². The van der Waals surface area contributed by atoms with Crippen LogP contribution in [0.4, 0.5) is 5.69 Å². The summed E-state index contributed by atoms with van der Waals surface area (Å²) in [4.78, 5) is 6.28. The summed E-state index contributed by atoms with van der Waals surface area (Å²) < 4.78 is 3.52. The summed E-state index contributed by atoms with van der Waals surface area (Å²) in [6.45, 7) is 3.08. The van der Waals surface area contributed by atoms with Crippen LogP contribution < -0.4 is 26.5 Å². The fraction of sp³-hybridized carbons (Fsp3) is 0.267. The third kappa shape index (κ3) is 2.46. The van der Waals surface area contributed by atoms with Gasteiger partial charge in [0.1, 0.15) is 0 Å². The van der Waals surface area contributed by atoms with Crippen LogP contribution in [0.1, 0.15) is 20.1 Å². The first-order chi connectivity index (χ1) is 9.81. The van der Waals surface area contributed by atoms with Gasteiger partial charge >= 0.3 is 137 Å². The Kier molecular flexibility index (Phi) is 3.44. The molecule has 20 heavy (non-hydrogen) atoms. The van der Waals surface area contributed by atoms with Crippen LogP contribution in [0.25, 0.3) is 10.2 Å². The number of thiophene rings is 2. The quantitative estimate of drug-likeness (QED) is 0.517. The van der Waals surface area contributed by atoms with Crippen molar-refractivity contribution < 1.29 is 21.2 Å². The van der Waals surface area contributed by atoms with Gasteiger partial charge in [-0.2, -0.15) is 0 Å². The summed E-state index contributed by atoms with van der Waals surface area (Å²) >= 11 is 4.01. The molecule has 1 aliphatic heterocycles. The molecule has 4 heterocycles. The van der Waals surface area contributed by atoms with E-state index in [4.69, 9.17) is 4.98 Å². The molecule has 4 rings (SSSR count). The number of fused-ring (bicyclic) bond motifs is 1. The van der Waals surface area contributed by atoms with Gasteiger partial charge in [0, 0.05) is 0 Å². The van der Waals surface area contributed by atoms with Gasteiger partial charge in [0.05, 0.1) is 0 Å². The van der Waals surface area contributed by atoms with Gasteiger partial charge in [-0.15, -0.1) is 0 Å². The van der Waals surface area contributed by atoms with Crippen LogP contribution in [0.5, 0.6) is 0 Å². The van der Waals surface area contributed by atoms with E-state index in [1.807, 2.05) is 0 Å². The molecule has 1 aliphatic rings. The molecular weight excluding hydrogens is 399 g/mol. The molecule has 0 aromatic carbocycles. The van der Waals surface area contributed by atoms with Crippen LogP contribution in [0, 0.1) is 6.92 Å². The normalized spacial score (nSPS) is 17.9. The number of hydrogen-bond acceptors (Lipinski definition) is 4. The van der Waals surface area contributed by atoms with E-state index >= 15 is 0 Å². The molecule has 0 amide bonds. The second-order valence-electron chi connectivity index (χ2n) is 4.90. The molecule has 3 aromatic rings. The van der Waals surface area contributed by atoms with Crippen molar-refractivity contribution in [3.8, 4) is 0 Å². The van der Waals surface area contributed by atoms with E-state index < -0.39 is 0 Å². The molecule has 1 saturated heterocycles. The first-order valence-corrected chi connectivity index (χ1v) is 11.1. The van der Waals surface area contributed by atoms with Crippen molar-refractivity contribution in [2.45, 2.75) is 17.4 Å². The molecule has 0 aliphatic carbocycles. The number of pyridine rings is 1. The number of anilines is 1. The van der Waals surface area contributed by atoms with Gasteiger partial charge in [0.25, 0.3) is 0 Å². The summed E-state index contributed by atoms with van der Waals surface area (Å²) in [6, 6.07) is 6.59. The van der Waals surface area contributed by atoms with Gasteiger partial charge in [-0.3, -0.25) is 0 Å². The molecule has 1 N–H and O–H groups in total. The fourth-order valence-electron chi connectivity index (χ4n) is 2.23. The second kappa shape index (κ2) is 5.27. The first kappa shape index (κ1) is 13.0. The van der Waals surface area contributed by atoms with Gasteiger partial charge in [0.15, 0.2) is 0 Å². The number of hydrogen-bond donors (Lipinski definition) is 1. The van der Waals surface area contributed by atoms with E-state index in [1.165, 1.54) is 36.5 Å². The molecule has 5 heteroatoms. The zero-order chi connectivity index (χ0) is 13.5. The van der Waals surface area contributed by atoms with Crippen LogP contribution in [0.15, 0.2) is 29.0 Å². The molecule has 104 valence electrons. The second-order valence-corrected chi connectivity index (χ2v) is 10.1. The van der Waals surface area contributed by atoms with E-state index in [2.05, 4.69) is 41.2 Å². The van der Waals surface area contributed by atoms with Crippen molar-refractivity contribution in [3.63, 3.8) is 0 Å².